The molecule has 0 fully saturated rings. The van der Waals surface area contributed by atoms with Gasteiger partial charge in [-0.05, 0) is 31.5 Å². The Morgan fingerprint density at radius 2 is 1.52 bits per heavy atom. The van der Waals surface area contributed by atoms with Gasteiger partial charge in [0.05, 0.1) is 24.3 Å². The monoisotopic (exact) mass is 660 g/mol. The normalized spacial score (nSPS) is 10.6. The lowest BCUT2D eigenvalue weighted by Crippen LogP contribution is -3.00. The number of nitrogens with zero attached hydrogens (tertiary/aromatic N) is 1. The van der Waals surface area contributed by atoms with E-state index in [0.29, 0.717) is 30.4 Å². The molecular formula is C34H49BrN2O4S. The Kier molecular flexibility index (Phi) is 17.9. The molecule has 8 heteroatoms. The van der Waals surface area contributed by atoms with Crippen LogP contribution in [0.15, 0.2) is 54.2 Å². The largest absolute Gasteiger partial charge is 1.00 e. The summed E-state index contributed by atoms with van der Waals surface area (Å²) in [4.78, 5) is 13.9. The molecule has 0 radical (unpaired) electrons. The number of nitrogens with one attached hydrogen (secondary N) is 1. The van der Waals surface area contributed by atoms with E-state index in [1.54, 1.807) is 24.5 Å². The van der Waals surface area contributed by atoms with Gasteiger partial charge in [-0.25, -0.2) is 0 Å². The summed E-state index contributed by atoms with van der Waals surface area (Å²) in [7, 11) is 1.62. The average molecular weight is 662 g/mol. The second kappa shape index (κ2) is 21.2. The fraction of sp³-hybridized carbons (Fsp3) is 0.529. The molecule has 1 heterocycles. The first-order valence-electron chi connectivity index (χ1n) is 15.3. The molecule has 42 heavy (non-hydrogen) atoms. The minimum atomic E-state index is -0.213. The van der Waals surface area contributed by atoms with E-state index in [0.717, 1.165) is 17.7 Å². The predicted molar refractivity (Wildman–Crippen MR) is 168 cm³/mol. The number of hydrogen-bond donors (Lipinski definition) is 1. The fourth-order valence-electron chi connectivity index (χ4n) is 4.82. The number of rotatable bonds is 21. The highest BCUT2D eigenvalue weighted by Crippen LogP contribution is 2.31. The van der Waals surface area contributed by atoms with Crippen molar-refractivity contribution >= 4 is 22.9 Å². The number of aryl methyl sites for hydroxylation is 1. The quantitative estimate of drug-likeness (QED) is 0.121. The van der Waals surface area contributed by atoms with Gasteiger partial charge in [0.15, 0.2) is 30.8 Å². The number of ether oxygens (including phenoxy) is 3. The van der Waals surface area contributed by atoms with Crippen molar-refractivity contribution in [1.82, 2.24) is 0 Å². The molecule has 0 atom stereocenters. The second-order valence-corrected chi connectivity index (χ2v) is 11.8. The molecule has 0 aliphatic carbocycles. The van der Waals surface area contributed by atoms with Gasteiger partial charge in [0.1, 0.15) is 5.75 Å². The molecule has 3 aromatic rings. The summed E-state index contributed by atoms with van der Waals surface area (Å²) in [6.45, 7) is 5.62. The smallest absolute Gasteiger partial charge is 0.262 e. The Morgan fingerprint density at radius 1 is 0.857 bits per heavy atom. The van der Waals surface area contributed by atoms with Gasteiger partial charge >= 0.3 is 0 Å². The van der Waals surface area contributed by atoms with Gasteiger partial charge in [-0.1, -0.05) is 107 Å². The van der Waals surface area contributed by atoms with Crippen LogP contribution in [0.3, 0.4) is 0 Å². The van der Waals surface area contributed by atoms with Crippen LogP contribution in [0.1, 0.15) is 94.4 Å². The lowest BCUT2D eigenvalue weighted by Gasteiger charge is -2.13. The number of amides is 1. The summed E-state index contributed by atoms with van der Waals surface area (Å²) in [6, 6.07) is 13.3. The van der Waals surface area contributed by atoms with E-state index in [4.69, 9.17) is 14.2 Å². The lowest BCUT2D eigenvalue weighted by atomic mass is 10.1. The van der Waals surface area contributed by atoms with Crippen LogP contribution in [0.2, 0.25) is 0 Å². The van der Waals surface area contributed by atoms with Crippen LogP contribution < -0.4 is 41.1 Å². The Balaban J connectivity index is 0.00000616. The van der Waals surface area contributed by atoms with E-state index < -0.39 is 0 Å². The number of anilines is 1. The van der Waals surface area contributed by atoms with E-state index in [1.807, 2.05) is 36.4 Å². The van der Waals surface area contributed by atoms with Crippen LogP contribution >= 0.6 is 11.3 Å². The van der Waals surface area contributed by atoms with Crippen molar-refractivity contribution < 1.29 is 40.6 Å². The number of para-hydroxylation sites is 1. The van der Waals surface area contributed by atoms with Crippen molar-refractivity contribution in [3.05, 3.63) is 64.6 Å². The summed E-state index contributed by atoms with van der Waals surface area (Å²) in [6.07, 6.45) is 17.9. The molecule has 6 nitrogen and oxygen atoms in total. The standard InChI is InChI=1S/C34H48N2O4S.BrH/c1-4-5-6-7-8-9-10-11-12-13-14-17-22-39-32-21-20-30(23-33(32)38-3)40-26-34(37)35-31-19-16-15-18-29(31)25-36-24-28(2)41-27-36;/h15-16,18-21,23-24,27H,4-14,17,22,25-26H2,1-3H3;1H. The number of aromatic nitrogens is 1. The molecule has 0 saturated heterocycles. The molecular weight excluding hydrogens is 612 g/mol. The first kappa shape index (κ1) is 35.6. The second-order valence-electron chi connectivity index (χ2n) is 10.7. The lowest BCUT2D eigenvalue weighted by molar-refractivity contribution is -0.683. The topological polar surface area (TPSA) is 60.7 Å². The van der Waals surface area contributed by atoms with Gasteiger partial charge in [0, 0.05) is 11.6 Å². The zero-order valence-corrected chi connectivity index (χ0v) is 28.1. The van der Waals surface area contributed by atoms with Gasteiger partial charge in [0.2, 0.25) is 5.51 Å². The molecule has 0 aliphatic heterocycles. The van der Waals surface area contributed by atoms with E-state index >= 15 is 0 Å². The molecule has 0 bridgehead atoms. The minimum absolute atomic E-state index is 0. The highest BCUT2D eigenvalue weighted by Gasteiger charge is 2.13. The van der Waals surface area contributed by atoms with Crippen LogP contribution in [0.5, 0.6) is 17.2 Å². The number of thiazole rings is 1. The Labute approximate surface area is 267 Å². The van der Waals surface area contributed by atoms with Gasteiger partial charge in [-0.2, -0.15) is 4.57 Å². The number of halogens is 1. The number of benzene rings is 2. The Bertz CT molecular complexity index is 1170. The van der Waals surface area contributed by atoms with Gasteiger partial charge in [-0.15, -0.1) is 0 Å². The third-order valence-electron chi connectivity index (χ3n) is 7.13. The number of carbonyl (C=O) groups excluding carboxylic acids is 1. The van der Waals surface area contributed by atoms with Crippen molar-refractivity contribution in [3.63, 3.8) is 0 Å². The van der Waals surface area contributed by atoms with Crippen LogP contribution in [0, 0.1) is 6.92 Å². The molecule has 1 aromatic heterocycles. The molecule has 0 saturated carbocycles. The van der Waals surface area contributed by atoms with Gasteiger partial charge < -0.3 is 36.5 Å². The van der Waals surface area contributed by atoms with E-state index in [1.165, 1.54) is 75.5 Å². The number of unbranched alkanes of at least 4 members (excludes halogenated alkanes) is 11. The van der Waals surface area contributed by atoms with Crippen molar-refractivity contribution in [2.45, 2.75) is 97.4 Å². The van der Waals surface area contributed by atoms with E-state index in [-0.39, 0.29) is 29.5 Å². The maximum absolute atomic E-state index is 12.7. The Morgan fingerprint density at radius 3 is 2.17 bits per heavy atom. The molecule has 1 N–H and O–H groups in total. The molecule has 1 amide bonds. The molecule has 0 spiro atoms. The van der Waals surface area contributed by atoms with Crippen molar-refractivity contribution in [3.8, 4) is 17.2 Å². The zero-order valence-electron chi connectivity index (χ0n) is 25.7. The van der Waals surface area contributed by atoms with Gasteiger partial charge in [-0.3, -0.25) is 4.79 Å². The van der Waals surface area contributed by atoms with E-state index in [2.05, 4.69) is 35.4 Å². The summed E-state index contributed by atoms with van der Waals surface area (Å²) in [5, 5.41) is 2.99. The molecule has 232 valence electrons. The summed E-state index contributed by atoms with van der Waals surface area (Å²) in [5.41, 5.74) is 3.91. The number of carbonyl (C=O) groups is 1. The van der Waals surface area contributed by atoms with Crippen LogP contribution in [0.4, 0.5) is 5.69 Å². The molecule has 0 unspecified atom stereocenters. The SMILES string of the molecule is CCCCCCCCCCCCCCOc1ccc(OCC(=O)Nc2ccccc2C[n+]2csc(C)c2)cc1OC.[Br-]. The first-order valence-corrected chi connectivity index (χ1v) is 16.2. The maximum atomic E-state index is 12.7. The highest BCUT2D eigenvalue weighted by atomic mass is 79.9. The van der Waals surface area contributed by atoms with Crippen molar-refractivity contribution in [1.29, 1.82) is 0 Å². The summed E-state index contributed by atoms with van der Waals surface area (Å²) >= 11 is 1.70. The van der Waals surface area contributed by atoms with Crippen molar-refractivity contribution in [2.75, 3.05) is 25.6 Å². The number of hydrogen-bond acceptors (Lipinski definition) is 5. The number of methoxy groups -OCH3 is 1. The van der Waals surface area contributed by atoms with Crippen LogP contribution in [-0.2, 0) is 11.3 Å². The summed E-state index contributed by atoms with van der Waals surface area (Å²) in [5.74, 6) is 1.65. The average Bonchev–Trinajstić information content (AvgIpc) is 3.40. The molecule has 0 aliphatic rings. The third-order valence-corrected chi connectivity index (χ3v) is 7.98. The molecule has 3 rings (SSSR count). The molecule has 2 aromatic carbocycles. The van der Waals surface area contributed by atoms with Crippen LogP contribution in [0.25, 0.3) is 0 Å². The maximum Gasteiger partial charge on any atom is 0.262 e. The first-order chi connectivity index (χ1) is 20.1. The third kappa shape index (κ3) is 13.6. The summed E-state index contributed by atoms with van der Waals surface area (Å²) < 4.78 is 19.4. The van der Waals surface area contributed by atoms with Crippen molar-refractivity contribution in [2.24, 2.45) is 0 Å². The van der Waals surface area contributed by atoms with Crippen LogP contribution in [-0.4, -0.2) is 26.2 Å². The van der Waals surface area contributed by atoms with Gasteiger partial charge in [0.25, 0.3) is 5.91 Å². The minimum Gasteiger partial charge on any atom is -1.00 e. The van der Waals surface area contributed by atoms with E-state index in [9.17, 15) is 4.79 Å². The zero-order chi connectivity index (χ0) is 29.1. The Hall–Kier alpha value is -2.58. The fourth-order valence-corrected chi connectivity index (χ4v) is 5.46. The predicted octanol–water partition coefficient (Wildman–Crippen LogP) is 5.50. The highest BCUT2D eigenvalue weighted by molar-refractivity contribution is 7.09.